The van der Waals surface area contributed by atoms with Crippen molar-refractivity contribution in [3.05, 3.63) is 63.2 Å². The van der Waals surface area contributed by atoms with Gasteiger partial charge < -0.3 is 16.0 Å². The molecule has 138 valence electrons. The highest BCUT2D eigenvalue weighted by Gasteiger charge is 2.35. The van der Waals surface area contributed by atoms with Crippen LogP contribution in [0.5, 0.6) is 0 Å². The SMILES string of the molecule is Cc1ccc(NC(=S)N[C@H](NC(=O)c2ccccc2I)C(Cl)(Cl)Cl)cc1. The number of aryl methyl sites for hydroxylation is 1. The van der Waals surface area contributed by atoms with E-state index in [1.54, 1.807) is 12.1 Å². The summed E-state index contributed by atoms with van der Waals surface area (Å²) in [5, 5.41) is 8.70. The first-order chi connectivity index (χ1) is 12.2. The molecule has 0 spiro atoms. The maximum Gasteiger partial charge on any atom is 0.254 e. The molecule has 9 heteroatoms. The number of thiocarbonyl (C=S) groups is 1. The van der Waals surface area contributed by atoms with E-state index in [2.05, 4.69) is 38.5 Å². The molecule has 0 aliphatic carbocycles. The smallest absolute Gasteiger partial charge is 0.254 e. The minimum Gasteiger partial charge on any atom is -0.339 e. The number of hydrogen-bond acceptors (Lipinski definition) is 2. The second-order valence-electron chi connectivity index (χ2n) is 5.39. The molecule has 0 aromatic heterocycles. The van der Waals surface area contributed by atoms with Gasteiger partial charge in [0.25, 0.3) is 5.91 Å². The van der Waals surface area contributed by atoms with Gasteiger partial charge in [0.2, 0.25) is 3.79 Å². The van der Waals surface area contributed by atoms with E-state index >= 15 is 0 Å². The van der Waals surface area contributed by atoms with Crippen LogP contribution < -0.4 is 16.0 Å². The average molecular weight is 543 g/mol. The van der Waals surface area contributed by atoms with Crippen molar-refractivity contribution in [1.29, 1.82) is 0 Å². The van der Waals surface area contributed by atoms with Gasteiger partial charge in [0, 0.05) is 9.26 Å². The molecule has 0 unspecified atom stereocenters. The van der Waals surface area contributed by atoms with Gasteiger partial charge in [0.1, 0.15) is 6.17 Å². The molecule has 0 fully saturated rings. The molecule has 0 saturated carbocycles. The standard InChI is InChI=1S/C17H15Cl3IN3OS/c1-10-6-8-11(9-7-10)22-16(26)24-15(17(18,19)20)23-14(25)12-4-2-3-5-13(12)21/h2-9,15H,1H3,(H,23,25)(H2,22,24,26)/t15-/m0/s1. The minimum absolute atomic E-state index is 0.216. The Kier molecular flexibility index (Phi) is 7.78. The highest BCUT2D eigenvalue weighted by Crippen LogP contribution is 2.29. The first-order valence-corrected chi connectivity index (χ1v) is 10.0. The lowest BCUT2D eigenvalue weighted by molar-refractivity contribution is 0.0933. The second kappa shape index (κ2) is 9.41. The van der Waals surface area contributed by atoms with Gasteiger partial charge in [-0.15, -0.1) is 0 Å². The fourth-order valence-corrected chi connectivity index (χ4v) is 3.18. The van der Waals surface area contributed by atoms with Crippen LogP contribution in [0.3, 0.4) is 0 Å². The molecule has 0 bridgehead atoms. The van der Waals surface area contributed by atoms with Gasteiger partial charge >= 0.3 is 0 Å². The van der Waals surface area contributed by atoms with E-state index in [1.165, 1.54) is 0 Å². The zero-order valence-corrected chi connectivity index (χ0v) is 18.8. The molecule has 0 heterocycles. The zero-order chi connectivity index (χ0) is 19.3. The first-order valence-electron chi connectivity index (χ1n) is 7.43. The van der Waals surface area contributed by atoms with Gasteiger partial charge in [0.05, 0.1) is 5.56 Å². The van der Waals surface area contributed by atoms with Gasteiger partial charge in [-0.3, -0.25) is 4.79 Å². The summed E-state index contributed by atoms with van der Waals surface area (Å²) in [6.07, 6.45) is -1.03. The van der Waals surface area contributed by atoms with Crippen molar-refractivity contribution in [3.63, 3.8) is 0 Å². The minimum atomic E-state index is -1.81. The van der Waals surface area contributed by atoms with Crippen LogP contribution >= 0.6 is 69.6 Å². The second-order valence-corrected chi connectivity index (χ2v) is 9.33. The summed E-state index contributed by atoms with van der Waals surface area (Å²) in [7, 11) is 0. The number of hydrogen-bond donors (Lipinski definition) is 3. The van der Waals surface area contributed by atoms with Crippen molar-refractivity contribution in [2.45, 2.75) is 16.9 Å². The maximum absolute atomic E-state index is 12.5. The van der Waals surface area contributed by atoms with Crippen molar-refractivity contribution in [1.82, 2.24) is 10.6 Å². The van der Waals surface area contributed by atoms with Crippen LogP contribution in [0.2, 0.25) is 0 Å². The molecule has 4 nitrogen and oxygen atoms in total. The lowest BCUT2D eigenvalue weighted by atomic mass is 10.2. The number of halogens is 4. The summed E-state index contributed by atoms with van der Waals surface area (Å²) in [5.74, 6) is -0.378. The number of rotatable bonds is 4. The monoisotopic (exact) mass is 541 g/mol. The fourth-order valence-electron chi connectivity index (χ4n) is 1.99. The van der Waals surface area contributed by atoms with Crippen molar-refractivity contribution < 1.29 is 4.79 Å². The van der Waals surface area contributed by atoms with Crippen LogP contribution in [0.4, 0.5) is 5.69 Å². The van der Waals surface area contributed by atoms with Crippen LogP contribution in [0.1, 0.15) is 15.9 Å². The van der Waals surface area contributed by atoms with Gasteiger partial charge in [-0.1, -0.05) is 64.6 Å². The van der Waals surface area contributed by atoms with E-state index in [9.17, 15) is 4.79 Å². The molecule has 2 rings (SSSR count). The largest absolute Gasteiger partial charge is 0.339 e. The molecule has 1 amide bonds. The van der Waals surface area contributed by atoms with Crippen LogP contribution in [0, 0.1) is 10.5 Å². The molecule has 3 N–H and O–H groups in total. The summed E-state index contributed by atoms with van der Waals surface area (Å²) in [5.41, 5.74) is 2.38. The molecule has 0 aliphatic rings. The molecule has 1 atom stereocenters. The van der Waals surface area contributed by atoms with E-state index in [0.717, 1.165) is 14.8 Å². The molecule has 0 aliphatic heterocycles. The molecule has 0 saturated heterocycles. The number of carbonyl (C=O) groups excluding carboxylic acids is 1. The van der Waals surface area contributed by atoms with E-state index in [1.807, 2.05) is 43.3 Å². The summed E-state index contributed by atoms with van der Waals surface area (Å²) in [6, 6.07) is 14.7. The molecular formula is C17H15Cl3IN3OS. The van der Waals surface area contributed by atoms with Gasteiger partial charge in [-0.2, -0.15) is 0 Å². The molecule has 2 aromatic rings. The van der Waals surface area contributed by atoms with Crippen LogP contribution in [-0.2, 0) is 0 Å². The summed E-state index contributed by atoms with van der Waals surface area (Å²) in [6.45, 7) is 1.99. The predicted octanol–water partition coefficient (Wildman–Crippen LogP) is 5.01. The molecule has 2 aromatic carbocycles. The van der Waals surface area contributed by atoms with Gasteiger partial charge in [-0.05, 0) is 66.0 Å². The third kappa shape index (κ3) is 6.42. The number of alkyl halides is 3. The number of benzene rings is 2. The third-order valence-electron chi connectivity index (χ3n) is 3.31. The number of anilines is 1. The number of nitrogens with one attached hydrogen (secondary N) is 3. The quantitative estimate of drug-likeness (QED) is 0.220. The predicted molar refractivity (Wildman–Crippen MR) is 121 cm³/mol. The third-order valence-corrected chi connectivity index (χ3v) is 5.12. The average Bonchev–Trinajstić information content (AvgIpc) is 2.56. The number of carbonyl (C=O) groups is 1. The number of amides is 1. The lowest BCUT2D eigenvalue weighted by Gasteiger charge is -2.28. The normalized spacial score (nSPS) is 12.2. The highest BCUT2D eigenvalue weighted by atomic mass is 127. The van der Waals surface area contributed by atoms with Gasteiger partial charge in [-0.25, -0.2) is 0 Å². The Morgan fingerprint density at radius 1 is 1.08 bits per heavy atom. The van der Waals surface area contributed by atoms with E-state index in [4.69, 9.17) is 47.0 Å². The van der Waals surface area contributed by atoms with E-state index < -0.39 is 9.96 Å². The molecular weight excluding hydrogens is 528 g/mol. The fraction of sp³-hybridized carbons (Fsp3) is 0.176. The zero-order valence-electron chi connectivity index (χ0n) is 13.5. The Morgan fingerprint density at radius 3 is 2.27 bits per heavy atom. The van der Waals surface area contributed by atoms with Crippen molar-refractivity contribution in [2.24, 2.45) is 0 Å². The van der Waals surface area contributed by atoms with Crippen LogP contribution in [0.25, 0.3) is 0 Å². The Bertz CT molecular complexity index is 797. The van der Waals surface area contributed by atoms with Gasteiger partial charge in [0.15, 0.2) is 5.11 Å². The Labute approximate surface area is 186 Å². The Balaban J connectivity index is 2.07. The first kappa shape index (κ1) is 21.5. The highest BCUT2D eigenvalue weighted by molar-refractivity contribution is 14.1. The lowest BCUT2D eigenvalue weighted by Crippen LogP contribution is -2.56. The van der Waals surface area contributed by atoms with Crippen molar-refractivity contribution in [2.75, 3.05) is 5.32 Å². The summed E-state index contributed by atoms with van der Waals surface area (Å²) >= 11 is 25.3. The summed E-state index contributed by atoms with van der Waals surface area (Å²) in [4.78, 5) is 12.5. The van der Waals surface area contributed by atoms with Crippen LogP contribution in [0.15, 0.2) is 48.5 Å². The molecule has 0 radical (unpaired) electrons. The van der Waals surface area contributed by atoms with Crippen LogP contribution in [-0.4, -0.2) is 21.0 Å². The Morgan fingerprint density at radius 2 is 1.69 bits per heavy atom. The summed E-state index contributed by atoms with van der Waals surface area (Å²) < 4.78 is -1.03. The van der Waals surface area contributed by atoms with Crippen molar-refractivity contribution >= 4 is 86.3 Å². The topological polar surface area (TPSA) is 53.2 Å². The molecule has 26 heavy (non-hydrogen) atoms. The van der Waals surface area contributed by atoms with E-state index in [0.29, 0.717) is 5.56 Å². The van der Waals surface area contributed by atoms with E-state index in [-0.39, 0.29) is 11.0 Å². The Hall–Kier alpha value is -0.800. The van der Waals surface area contributed by atoms with Crippen molar-refractivity contribution in [3.8, 4) is 0 Å². The maximum atomic E-state index is 12.5.